The molecular formula is C22H19F3N4O4. The number of hydrazone groups is 1. The second-order valence-electron chi connectivity index (χ2n) is 6.70. The van der Waals surface area contributed by atoms with Gasteiger partial charge in [0.25, 0.3) is 5.91 Å². The largest absolute Gasteiger partial charge is 0.488 e. The summed E-state index contributed by atoms with van der Waals surface area (Å²) in [5.41, 5.74) is 2.98. The van der Waals surface area contributed by atoms with Gasteiger partial charge in [-0.05, 0) is 35.9 Å². The van der Waals surface area contributed by atoms with Crippen LogP contribution in [0.2, 0.25) is 0 Å². The predicted molar refractivity (Wildman–Crippen MR) is 112 cm³/mol. The second-order valence-corrected chi connectivity index (χ2v) is 6.70. The Labute approximate surface area is 186 Å². The van der Waals surface area contributed by atoms with E-state index in [4.69, 9.17) is 4.74 Å². The molecule has 0 atom stereocenters. The highest BCUT2D eigenvalue weighted by molar-refractivity contribution is 5.89. The maximum atomic E-state index is 12.6. The number of amides is 1. The Bertz CT molecular complexity index is 1140. The fourth-order valence-corrected chi connectivity index (χ4v) is 2.69. The number of aromatic nitrogens is 2. The molecule has 1 amide bonds. The van der Waals surface area contributed by atoms with Crippen LogP contribution in [0.15, 0.2) is 65.9 Å². The Morgan fingerprint density at radius 3 is 2.52 bits per heavy atom. The van der Waals surface area contributed by atoms with Crippen LogP contribution >= 0.6 is 0 Å². The van der Waals surface area contributed by atoms with E-state index in [2.05, 4.69) is 20.4 Å². The smallest absolute Gasteiger partial charge is 0.435 e. The third-order valence-electron chi connectivity index (χ3n) is 4.32. The van der Waals surface area contributed by atoms with E-state index in [0.29, 0.717) is 16.9 Å². The van der Waals surface area contributed by atoms with Crippen molar-refractivity contribution in [3.05, 3.63) is 83.2 Å². The number of benzene rings is 2. The van der Waals surface area contributed by atoms with Crippen LogP contribution in [0.25, 0.3) is 0 Å². The Kier molecular flexibility index (Phi) is 7.44. The van der Waals surface area contributed by atoms with Crippen molar-refractivity contribution in [3.8, 4) is 5.75 Å². The van der Waals surface area contributed by atoms with Crippen LogP contribution < -0.4 is 10.2 Å². The lowest BCUT2D eigenvalue weighted by molar-refractivity contribution is -0.141. The molecule has 3 aromatic rings. The number of carbonyl (C=O) groups is 2. The summed E-state index contributed by atoms with van der Waals surface area (Å²) < 4.78 is 49.0. The van der Waals surface area contributed by atoms with E-state index < -0.39 is 30.3 Å². The van der Waals surface area contributed by atoms with Crippen molar-refractivity contribution >= 4 is 18.1 Å². The van der Waals surface area contributed by atoms with E-state index in [1.165, 1.54) is 13.3 Å². The highest BCUT2D eigenvalue weighted by atomic mass is 19.4. The van der Waals surface area contributed by atoms with Crippen molar-refractivity contribution in [3.63, 3.8) is 0 Å². The maximum Gasteiger partial charge on any atom is 0.435 e. The van der Waals surface area contributed by atoms with Crippen molar-refractivity contribution in [2.24, 2.45) is 5.10 Å². The van der Waals surface area contributed by atoms with E-state index in [9.17, 15) is 22.8 Å². The normalized spacial score (nSPS) is 11.4. The number of esters is 1. The average molecular weight is 460 g/mol. The van der Waals surface area contributed by atoms with Crippen LogP contribution in [-0.4, -0.2) is 35.0 Å². The quantitative estimate of drug-likeness (QED) is 0.316. The average Bonchev–Trinajstić information content (AvgIpc) is 3.27. The summed E-state index contributed by atoms with van der Waals surface area (Å²) in [6.07, 6.45) is -2.15. The van der Waals surface area contributed by atoms with Gasteiger partial charge in [-0.2, -0.15) is 23.4 Å². The van der Waals surface area contributed by atoms with Gasteiger partial charge in [0.1, 0.15) is 18.9 Å². The summed E-state index contributed by atoms with van der Waals surface area (Å²) in [5.74, 6) is -0.582. The molecule has 3 rings (SSSR count). The van der Waals surface area contributed by atoms with Crippen molar-refractivity contribution < 1.29 is 32.2 Å². The SMILES string of the molecule is COC(=O)c1ccc(COc2ccccc2C=NNC(=O)Cn2ccc(C(F)(F)F)n2)cc1. The van der Waals surface area contributed by atoms with Crippen LogP contribution in [0, 0.1) is 0 Å². The number of nitrogens with zero attached hydrogens (tertiary/aromatic N) is 3. The molecule has 0 aliphatic carbocycles. The first-order valence-corrected chi connectivity index (χ1v) is 9.58. The molecule has 0 aliphatic rings. The summed E-state index contributed by atoms with van der Waals surface area (Å²) >= 11 is 0. The number of para-hydroxylation sites is 1. The lowest BCUT2D eigenvalue weighted by atomic mass is 10.1. The number of alkyl halides is 3. The standard InChI is InChI=1S/C22H19F3N4O4/c1-32-21(31)16-8-6-15(7-9-16)14-33-18-5-3-2-4-17(18)12-26-27-20(30)13-29-11-10-19(28-29)22(23,24)25/h2-12H,13-14H2,1H3,(H,27,30). The minimum absolute atomic E-state index is 0.222. The summed E-state index contributed by atoms with van der Waals surface area (Å²) in [6, 6.07) is 14.5. The molecule has 11 heteroatoms. The summed E-state index contributed by atoms with van der Waals surface area (Å²) in [7, 11) is 1.31. The Morgan fingerprint density at radius 1 is 1.12 bits per heavy atom. The lowest BCUT2D eigenvalue weighted by Crippen LogP contribution is -2.23. The van der Waals surface area contributed by atoms with Crippen molar-refractivity contribution in [1.82, 2.24) is 15.2 Å². The van der Waals surface area contributed by atoms with Gasteiger partial charge >= 0.3 is 12.1 Å². The van der Waals surface area contributed by atoms with E-state index in [0.717, 1.165) is 22.5 Å². The molecule has 2 aromatic carbocycles. The van der Waals surface area contributed by atoms with Crippen LogP contribution in [0.1, 0.15) is 27.2 Å². The number of hydrogen-bond acceptors (Lipinski definition) is 6. The zero-order valence-electron chi connectivity index (χ0n) is 17.4. The molecule has 0 unspecified atom stereocenters. The van der Waals surface area contributed by atoms with Crippen LogP contribution in [0.3, 0.4) is 0 Å². The molecule has 0 fully saturated rings. The molecule has 0 saturated carbocycles. The summed E-state index contributed by atoms with van der Waals surface area (Å²) in [5, 5.41) is 7.14. The van der Waals surface area contributed by atoms with Gasteiger partial charge in [0, 0.05) is 11.8 Å². The zero-order valence-corrected chi connectivity index (χ0v) is 17.4. The molecule has 8 nitrogen and oxygen atoms in total. The number of ether oxygens (including phenoxy) is 2. The number of rotatable bonds is 8. The molecular weight excluding hydrogens is 441 g/mol. The molecule has 0 spiro atoms. The molecule has 1 aromatic heterocycles. The highest BCUT2D eigenvalue weighted by Crippen LogP contribution is 2.27. The summed E-state index contributed by atoms with van der Waals surface area (Å²) in [4.78, 5) is 23.4. The Morgan fingerprint density at radius 2 is 1.85 bits per heavy atom. The lowest BCUT2D eigenvalue weighted by Gasteiger charge is -2.09. The molecule has 0 aliphatic heterocycles. The van der Waals surface area contributed by atoms with Gasteiger partial charge in [-0.15, -0.1) is 0 Å². The first-order chi connectivity index (χ1) is 15.8. The minimum atomic E-state index is -4.58. The van der Waals surface area contributed by atoms with E-state index in [1.807, 2.05) is 0 Å². The zero-order chi connectivity index (χ0) is 23.8. The number of hydrogen-bond donors (Lipinski definition) is 1. The third-order valence-corrected chi connectivity index (χ3v) is 4.32. The first-order valence-electron chi connectivity index (χ1n) is 9.58. The first kappa shape index (κ1) is 23.5. The monoisotopic (exact) mass is 460 g/mol. The van der Waals surface area contributed by atoms with Crippen LogP contribution in [0.4, 0.5) is 13.2 Å². The van der Waals surface area contributed by atoms with Gasteiger partial charge in [0.2, 0.25) is 0 Å². The fraction of sp³-hybridized carbons (Fsp3) is 0.182. The predicted octanol–water partition coefficient (Wildman–Crippen LogP) is 3.42. The van der Waals surface area contributed by atoms with Gasteiger partial charge in [-0.3, -0.25) is 9.48 Å². The Hall–Kier alpha value is -4.15. The highest BCUT2D eigenvalue weighted by Gasteiger charge is 2.33. The molecule has 1 N–H and O–H groups in total. The molecule has 33 heavy (non-hydrogen) atoms. The third kappa shape index (κ3) is 6.66. The Balaban J connectivity index is 1.56. The molecule has 172 valence electrons. The molecule has 0 bridgehead atoms. The van der Waals surface area contributed by atoms with Gasteiger partial charge in [0.05, 0.1) is 18.9 Å². The molecule has 0 saturated heterocycles. The van der Waals surface area contributed by atoms with E-state index in [1.54, 1.807) is 48.5 Å². The van der Waals surface area contributed by atoms with E-state index in [-0.39, 0.29) is 6.61 Å². The number of carbonyl (C=O) groups excluding carboxylic acids is 2. The van der Waals surface area contributed by atoms with Gasteiger partial charge < -0.3 is 9.47 Å². The molecule has 1 heterocycles. The minimum Gasteiger partial charge on any atom is -0.488 e. The van der Waals surface area contributed by atoms with Gasteiger partial charge in [-0.25, -0.2) is 10.2 Å². The molecule has 0 radical (unpaired) electrons. The van der Waals surface area contributed by atoms with Gasteiger partial charge in [-0.1, -0.05) is 24.3 Å². The van der Waals surface area contributed by atoms with Crippen molar-refractivity contribution in [2.45, 2.75) is 19.3 Å². The van der Waals surface area contributed by atoms with E-state index >= 15 is 0 Å². The topological polar surface area (TPSA) is 94.8 Å². The van der Waals surface area contributed by atoms with Gasteiger partial charge in [0.15, 0.2) is 5.69 Å². The number of nitrogens with one attached hydrogen (secondary N) is 1. The van der Waals surface area contributed by atoms with Crippen LogP contribution in [-0.2, 0) is 28.9 Å². The second kappa shape index (κ2) is 10.4. The fourth-order valence-electron chi connectivity index (χ4n) is 2.69. The van der Waals surface area contributed by atoms with Crippen molar-refractivity contribution in [2.75, 3.05) is 7.11 Å². The number of halogens is 3. The number of methoxy groups -OCH3 is 1. The summed E-state index contributed by atoms with van der Waals surface area (Å²) in [6.45, 7) is -0.202. The van der Waals surface area contributed by atoms with Crippen LogP contribution in [0.5, 0.6) is 5.75 Å². The van der Waals surface area contributed by atoms with Crippen molar-refractivity contribution in [1.29, 1.82) is 0 Å². The maximum absolute atomic E-state index is 12.6.